The number of carbonyl (C=O) groups is 1. The van der Waals surface area contributed by atoms with Gasteiger partial charge in [0.2, 0.25) is 0 Å². The molecule has 0 heterocycles. The van der Waals surface area contributed by atoms with Crippen LogP contribution in [0.2, 0.25) is 5.02 Å². The smallest absolute Gasteiger partial charge is 0.259 e. The van der Waals surface area contributed by atoms with E-state index >= 15 is 0 Å². The fraction of sp³-hybridized carbons (Fsp3) is 0.176. The molecule has 0 fully saturated rings. The van der Waals surface area contributed by atoms with Crippen molar-refractivity contribution in [1.29, 1.82) is 0 Å². The second-order valence-electron chi connectivity index (χ2n) is 4.96. The van der Waals surface area contributed by atoms with Gasteiger partial charge in [-0.25, -0.2) is 5.43 Å². The summed E-state index contributed by atoms with van der Waals surface area (Å²) in [5.41, 5.74) is 6.25. The van der Waals surface area contributed by atoms with Gasteiger partial charge in [0.15, 0.2) is 0 Å². The molecule has 0 aliphatic heterocycles. The molecule has 0 spiro atoms. The van der Waals surface area contributed by atoms with E-state index in [1.54, 1.807) is 12.1 Å². The van der Waals surface area contributed by atoms with Gasteiger partial charge in [-0.05, 0) is 37.6 Å². The lowest BCUT2D eigenvalue weighted by Gasteiger charge is -2.06. The van der Waals surface area contributed by atoms with Crippen LogP contribution < -0.4 is 10.7 Å². The number of hydrazone groups is 1. The summed E-state index contributed by atoms with van der Waals surface area (Å²) in [4.78, 5) is 11.8. The standard InChI is InChI=1S/C17H18ClN3O/c1-12-6-8-14(9-7-12)13(2)20-21-17(22)11-19-16-5-3-4-15(18)10-16/h3-10,19H,11H2,1-2H3,(H,21,22)/b20-13+. The molecule has 0 bridgehead atoms. The van der Waals surface area contributed by atoms with Crippen LogP contribution >= 0.6 is 11.6 Å². The molecule has 5 heteroatoms. The van der Waals surface area contributed by atoms with Crippen molar-refractivity contribution in [3.63, 3.8) is 0 Å². The number of carbonyl (C=O) groups excluding carboxylic acids is 1. The minimum absolute atomic E-state index is 0.130. The number of amides is 1. The quantitative estimate of drug-likeness (QED) is 0.654. The van der Waals surface area contributed by atoms with Gasteiger partial charge in [-0.3, -0.25) is 4.79 Å². The molecule has 0 aromatic heterocycles. The van der Waals surface area contributed by atoms with E-state index in [2.05, 4.69) is 15.8 Å². The van der Waals surface area contributed by atoms with Gasteiger partial charge in [-0.2, -0.15) is 5.10 Å². The normalized spacial score (nSPS) is 11.1. The number of anilines is 1. The first-order valence-electron chi connectivity index (χ1n) is 6.94. The van der Waals surface area contributed by atoms with Crippen LogP contribution in [-0.4, -0.2) is 18.2 Å². The molecule has 22 heavy (non-hydrogen) atoms. The summed E-state index contributed by atoms with van der Waals surface area (Å²) in [7, 11) is 0. The Labute approximate surface area is 135 Å². The largest absolute Gasteiger partial charge is 0.376 e. The highest BCUT2D eigenvalue weighted by atomic mass is 35.5. The number of hydrogen-bond acceptors (Lipinski definition) is 3. The van der Waals surface area contributed by atoms with E-state index in [9.17, 15) is 4.79 Å². The zero-order valence-corrected chi connectivity index (χ0v) is 13.3. The SMILES string of the molecule is C/C(=N\NC(=O)CNc1cccc(Cl)c1)c1ccc(C)cc1. The van der Waals surface area contributed by atoms with Crippen LogP contribution in [0.15, 0.2) is 53.6 Å². The highest BCUT2D eigenvalue weighted by molar-refractivity contribution is 6.30. The Hall–Kier alpha value is -2.33. The van der Waals surface area contributed by atoms with Crippen LogP contribution in [0.3, 0.4) is 0 Å². The molecule has 0 aliphatic carbocycles. The summed E-state index contributed by atoms with van der Waals surface area (Å²) < 4.78 is 0. The van der Waals surface area contributed by atoms with Crippen LogP contribution in [0, 0.1) is 6.92 Å². The lowest BCUT2D eigenvalue weighted by molar-refractivity contribution is -0.119. The van der Waals surface area contributed by atoms with Gasteiger partial charge in [0.25, 0.3) is 5.91 Å². The first kappa shape index (κ1) is 16.0. The first-order chi connectivity index (χ1) is 10.5. The van der Waals surface area contributed by atoms with Gasteiger partial charge in [0.1, 0.15) is 0 Å². The van der Waals surface area contributed by atoms with E-state index in [1.807, 2.05) is 50.2 Å². The number of aryl methyl sites for hydroxylation is 1. The molecule has 2 rings (SSSR count). The van der Waals surface area contributed by atoms with Crippen LogP contribution in [-0.2, 0) is 4.79 Å². The predicted octanol–water partition coefficient (Wildman–Crippen LogP) is 3.60. The summed E-state index contributed by atoms with van der Waals surface area (Å²) in [6.45, 7) is 4.01. The fourth-order valence-electron chi connectivity index (χ4n) is 1.83. The van der Waals surface area contributed by atoms with E-state index in [1.165, 1.54) is 5.56 Å². The van der Waals surface area contributed by atoms with E-state index < -0.39 is 0 Å². The van der Waals surface area contributed by atoms with Crippen molar-refractivity contribution in [1.82, 2.24) is 5.43 Å². The van der Waals surface area contributed by atoms with Crippen LogP contribution in [0.25, 0.3) is 0 Å². The molecular formula is C17H18ClN3O. The lowest BCUT2D eigenvalue weighted by Crippen LogP contribution is -2.26. The van der Waals surface area contributed by atoms with Crippen molar-refractivity contribution in [3.8, 4) is 0 Å². The van der Waals surface area contributed by atoms with Crippen LogP contribution in [0.5, 0.6) is 0 Å². The number of halogens is 1. The molecule has 0 saturated carbocycles. The van der Waals surface area contributed by atoms with Gasteiger partial charge in [-0.15, -0.1) is 0 Å². The van der Waals surface area contributed by atoms with Crippen molar-refractivity contribution >= 4 is 28.9 Å². The topological polar surface area (TPSA) is 53.5 Å². The molecule has 2 N–H and O–H groups in total. The number of rotatable bonds is 5. The van der Waals surface area contributed by atoms with Crippen molar-refractivity contribution < 1.29 is 4.79 Å². The van der Waals surface area contributed by atoms with Gasteiger partial charge in [0.05, 0.1) is 12.3 Å². The van der Waals surface area contributed by atoms with Gasteiger partial charge < -0.3 is 5.32 Å². The highest BCUT2D eigenvalue weighted by Gasteiger charge is 2.02. The Balaban J connectivity index is 1.86. The zero-order chi connectivity index (χ0) is 15.9. The van der Waals surface area contributed by atoms with Crippen molar-refractivity contribution in [3.05, 3.63) is 64.7 Å². The highest BCUT2D eigenvalue weighted by Crippen LogP contribution is 2.14. The third-order valence-electron chi connectivity index (χ3n) is 3.10. The van der Waals surface area contributed by atoms with Gasteiger partial charge in [-0.1, -0.05) is 47.5 Å². The Bertz CT molecular complexity index is 681. The summed E-state index contributed by atoms with van der Waals surface area (Å²) >= 11 is 5.88. The van der Waals surface area contributed by atoms with Crippen molar-refractivity contribution in [2.75, 3.05) is 11.9 Å². The molecular weight excluding hydrogens is 298 g/mol. The lowest BCUT2D eigenvalue weighted by atomic mass is 10.1. The molecule has 4 nitrogen and oxygen atoms in total. The van der Waals surface area contributed by atoms with E-state index in [0.29, 0.717) is 5.02 Å². The second-order valence-corrected chi connectivity index (χ2v) is 5.40. The Kier molecular flexibility index (Phi) is 5.55. The number of benzene rings is 2. The summed E-state index contributed by atoms with van der Waals surface area (Å²) in [5, 5.41) is 7.72. The van der Waals surface area contributed by atoms with Crippen molar-refractivity contribution in [2.45, 2.75) is 13.8 Å². The average molecular weight is 316 g/mol. The first-order valence-corrected chi connectivity index (χ1v) is 7.32. The second kappa shape index (κ2) is 7.61. The van der Waals surface area contributed by atoms with E-state index in [4.69, 9.17) is 11.6 Å². The van der Waals surface area contributed by atoms with Crippen molar-refractivity contribution in [2.24, 2.45) is 5.10 Å². The molecule has 114 valence electrons. The average Bonchev–Trinajstić information content (AvgIpc) is 2.51. The predicted molar refractivity (Wildman–Crippen MR) is 91.5 cm³/mol. The maximum atomic E-state index is 11.8. The zero-order valence-electron chi connectivity index (χ0n) is 12.6. The molecule has 0 unspecified atom stereocenters. The molecule has 2 aromatic carbocycles. The number of nitrogens with zero attached hydrogens (tertiary/aromatic N) is 1. The molecule has 1 amide bonds. The van der Waals surface area contributed by atoms with Gasteiger partial charge in [0, 0.05) is 10.7 Å². The third kappa shape index (κ3) is 4.90. The minimum Gasteiger partial charge on any atom is -0.376 e. The molecule has 0 saturated heterocycles. The van der Waals surface area contributed by atoms with Crippen LogP contribution in [0.4, 0.5) is 5.69 Å². The maximum absolute atomic E-state index is 11.8. The van der Waals surface area contributed by atoms with E-state index in [-0.39, 0.29) is 12.5 Å². The number of nitrogens with one attached hydrogen (secondary N) is 2. The summed E-state index contributed by atoms with van der Waals surface area (Å²) in [6, 6.07) is 15.2. The fourth-order valence-corrected chi connectivity index (χ4v) is 2.02. The molecule has 0 atom stereocenters. The summed E-state index contributed by atoms with van der Waals surface area (Å²) in [6.07, 6.45) is 0. The maximum Gasteiger partial charge on any atom is 0.259 e. The Morgan fingerprint density at radius 2 is 1.91 bits per heavy atom. The van der Waals surface area contributed by atoms with Gasteiger partial charge >= 0.3 is 0 Å². The van der Waals surface area contributed by atoms with Crippen LogP contribution in [0.1, 0.15) is 18.1 Å². The molecule has 0 radical (unpaired) electrons. The molecule has 2 aromatic rings. The monoisotopic (exact) mass is 315 g/mol. The summed E-state index contributed by atoms with van der Waals surface area (Å²) in [5.74, 6) is -0.216. The molecule has 0 aliphatic rings. The Morgan fingerprint density at radius 1 is 1.18 bits per heavy atom. The van der Waals surface area contributed by atoms with E-state index in [0.717, 1.165) is 17.0 Å². The Morgan fingerprint density at radius 3 is 2.59 bits per heavy atom. The minimum atomic E-state index is -0.216. The number of hydrogen-bond donors (Lipinski definition) is 2. The third-order valence-corrected chi connectivity index (χ3v) is 3.33.